The number of hydrogen-bond acceptors (Lipinski definition) is 1. The van der Waals surface area contributed by atoms with Crippen molar-refractivity contribution < 1.29 is 10.1 Å². The zero-order chi connectivity index (χ0) is 19.7. The van der Waals surface area contributed by atoms with Crippen LogP contribution in [0.15, 0.2) is 60.7 Å². The summed E-state index contributed by atoms with van der Waals surface area (Å²) >= 11 is 0. The fourth-order valence-electron chi connectivity index (χ4n) is 6.70. The first-order valence-corrected chi connectivity index (χ1v) is 11.4. The van der Waals surface area contributed by atoms with Crippen LogP contribution in [-0.4, -0.2) is 22.9 Å². The molecule has 29 heavy (non-hydrogen) atoms. The summed E-state index contributed by atoms with van der Waals surface area (Å²) in [5.74, 6) is 3.06. The van der Waals surface area contributed by atoms with Crippen LogP contribution < -0.4 is 5.32 Å². The Morgan fingerprint density at radius 2 is 1.24 bits per heavy atom. The third kappa shape index (κ3) is 4.25. The van der Waals surface area contributed by atoms with Crippen LogP contribution in [0.25, 0.3) is 0 Å². The van der Waals surface area contributed by atoms with Crippen LogP contribution in [0.4, 0.5) is 0 Å². The second kappa shape index (κ2) is 7.95. The summed E-state index contributed by atoms with van der Waals surface area (Å²) in [6.07, 6.45) is 8.37. The van der Waals surface area contributed by atoms with E-state index in [9.17, 15) is 4.79 Å². The maximum absolute atomic E-state index is 13.3. The third-order valence-corrected chi connectivity index (χ3v) is 7.58. The number of carbonyl (C=O) groups excluding carboxylic acids is 1. The Hall–Kier alpha value is -2.13. The number of hydrogen-bond donors (Lipinski definition) is 1. The Balaban J connectivity index is 1.27. The molecule has 0 atom stereocenters. The first-order valence-electron chi connectivity index (χ1n) is 11.4. The number of quaternary nitrogens is 1. The lowest BCUT2D eigenvalue weighted by Gasteiger charge is -2.54. The second-order valence-electron chi connectivity index (χ2n) is 9.91. The van der Waals surface area contributed by atoms with Gasteiger partial charge in [0.05, 0.1) is 5.54 Å². The van der Waals surface area contributed by atoms with E-state index in [0.717, 1.165) is 17.8 Å². The van der Waals surface area contributed by atoms with E-state index < -0.39 is 0 Å². The fraction of sp³-hybridized carbons (Fsp3) is 0.500. The molecule has 1 amide bonds. The highest BCUT2D eigenvalue weighted by Gasteiger charge is 2.53. The second-order valence-corrected chi connectivity index (χ2v) is 9.91. The van der Waals surface area contributed by atoms with Crippen LogP contribution >= 0.6 is 0 Å². The van der Waals surface area contributed by atoms with Gasteiger partial charge in [-0.1, -0.05) is 60.7 Å². The molecule has 2 N–H and O–H groups in total. The molecule has 0 radical (unpaired) electrons. The highest BCUT2D eigenvalue weighted by Crippen LogP contribution is 2.54. The number of benzene rings is 2. The van der Waals surface area contributed by atoms with Crippen molar-refractivity contribution in [2.75, 3.05) is 6.54 Å². The van der Waals surface area contributed by atoms with E-state index in [0.29, 0.717) is 25.2 Å². The molecule has 152 valence electrons. The minimum absolute atomic E-state index is 0.272. The van der Waals surface area contributed by atoms with Gasteiger partial charge in [0.2, 0.25) is 0 Å². The first-order chi connectivity index (χ1) is 14.2. The number of amides is 1. The van der Waals surface area contributed by atoms with Crippen LogP contribution in [0.1, 0.15) is 49.7 Å². The molecular weight excluding hydrogens is 356 g/mol. The normalized spacial score (nSPS) is 29.7. The average molecular weight is 390 g/mol. The van der Waals surface area contributed by atoms with Crippen LogP contribution in [0.3, 0.4) is 0 Å². The maximum atomic E-state index is 13.3. The van der Waals surface area contributed by atoms with Gasteiger partial charge < -0.3 is 10.2 Å². The van der Waals surface area contributed by atoms with Crippen molar-refractivity contribution >= 4 is 5.91 Å². The lowest BCUT2D eigenvalue weighted by Crippen LogP contribution is -3.00. The van der Waals surface area contributed by atoms with E-state index in [1.54, 1.807) is 0 Å². The van der Waals surface area contributed by atoms with E-state index in [4.69, 9.17) is 0 Å². The van der Waals surface area contributed by atoms with E-state index in [1.807, 2.05) is 17.0 Å². The van der Waals surface area contributed by atoms with E-state index in [2.05, 4.69) is 53.8 Å². The van der Waals surface area contributed by atoms with Gasteiger partial charge in [0.15, 0.2) is 6.54 Å². The summed E-state index contributed by atoms with van der Waals surface area (Å²) < 4.78 is 0. The molecule has 4 fully saturated rings. The smallest absolute Gasteiger partial charge is 0.278 e. The molecule has 0 aliphatic heterocycles. The molecule has 4 aliphatic rings. The molecule has 0 heterocycles. The quantitative estimate of drug-likeness (QED) is 0.769. The lowest BCUT2D eigenvalue weighted by molar-refractivity contribution is -0.730. The van der Waals surface area contributed by atoms with Gasteiger partial charge in [0.1, 0.15) is 0 Å². The molecule has 2 aromatic rings. The van der Waals surface area contributed by atoms with Gasteiger partial charge in [-0.3, -0.25) is 4.79 Å². The molecule has 2 aromatic carbocycles. The van der Waals surface area contributed by atoms with Crippen molar-refractivity contribution in [2.24, 2.45) is 17.8 Å². The first kappa shape index (κ1) is 18.9. The van der Waals surface area contributed by atoms with Crippen molar-refractivity contribution in [3.8, 4) is 0 Å². The van der Waals surface area contributed by atoms with Crippen LogP contribution in [0.2, 0.25) is 0 Å². The van der Waals surface area contributed by atoms with Crippen LogP contribution in [0.5, 0.6) is 0 Å². The molecule has 4 saturated carbocycles. The standard InChI is InChI=1S/C26H32N2O/c29-25(17-27-26-14-22-11-23(15-26)13-24(12-22)16-26)28(18-20-7-3-1-4-8-20)19-21-9-5-2-6-10-21/h1-10,22-24,27H,11-19H2/p+1. The SMILES string of the molecule is O=C(C[NH2+]C12CC3CC(CC(C3)C1)C2)N(Cc1ccccc1)Cc1ccccc1. The van der Waals surface area contributed by atoms with Gasteiger partial charge in [-0.15, -0.1) is 0 Å². The van der Waals surface area contributed by atoms with E-state index in [-0.39, 0.29) is 5.91 Å². The van der Waals surface area contributed by atoms with Crippen molar-refractivity contribution in [2.45, 2.75) is 57.2 Å². The topological polar surface area (TPSA) is 36.9 Å². The van der Waals surface area contributed by atoms with Gasteiger partial charge in [-0.05, 0) is 48.1 Å². The van der Waals surface area contributed by atoms with E-state index >= 15 is 0 Å². The average Bonchev–Trinajstić information content (AvgIpc) is 2.72. The molecule has 0 aromatic heterocycles. The summed E-state index contributed by atoms with van der Waals surface area (Å²) in [7, 11) is 0. The van der Waals surface area contributed by atoms with Gasteiger partial charge in [0.25, 0.3) is 5.91 Å². The zero-order valence-corrected chi connectivity index (χ0v) is 17.3. The zero-order valence-electron chi connectivity index (χ0n) is 17.3. The molecular formula is C26H33N2O+. The number of nitrogens with zero attached hydrogens (tertiary/aromatic N) is 1. The Bertz CT molecular complexity index is 756. The van der Waals surface area contributed by atoms with Gasteiger partial charge in [0, 0.05) is 32.4 Å². The molecule has 3 heteroatoms. The maximum Gasteiger partial charge on any atom is 0.278 e. The number of nitrogens with two attached hydrogens (primary N) is 1. The summed E-state index contributed by atoms with van der Waals surface area (Å²) in [5.41, 5.74) is 2.76. The summed E-state index contributed by atoms with van der Waals surface area (Å²) in [6, 6.07) is 20.8. The monoisotopic (exact) mass is 389 g/mol. The molecule has 0 unspecified atom stereocenters. The largest absolute Gasteiger partial charge is 0.334 e. The highest BCUT2D eigenvalue weighted by molar-refractivity contribution is 5.77. The number of carbonyl (C=O) groups is 1. The Morgan fingerprint density at radius 1 is 0.793 bits per heavy atom. The summed E-state index contributed by atoms with van der Waals surface area (Å²) in [4.78, 5) is 15.4. The minimum Gasteiger partial charge on any atom is -0.334 e. The highest BCUT2D eigenvalue weighted by atomic mass is 16.2. The molecule has 4 bridgehead atoms. The van der Waals surface area contributed by atoms with Gasteiger partial charge >= 0.3 is 0 Å². The van der Waals surface area contributed by atoms with E-state index in [1.165, 1.54) is 49.7 Å². The predicted octanol–water partition coefficient (Wildman–Crippen LogP) is 3.75. The molecule has 0 spiro atoms. The van der Waals surface area contributed by atoms with Crippen LogP contribution in [0, 0.1) is 17.8 Å². The number of rotatable bonds is 7. The van der Waals surface area contributed by atoms with Crippen molar-refractivity contribution in [3.05, 3.63) is 71.8 Å². The molecule has 3 nitrogen and oxygen atoms in total. The Kier molecular flexibility index (Phi) is 5.17. The van der Waals surface area contributed by atoms with Crippen LogP contribution in [-0.2, 0) is 17.9 Å². The third-order valence-electron chi connectivity index (χ3n) is 7.58. The fourth-order valence-corrected chi connectivity index (χ4v) is 6.70. The Morgan fingerprint density at radius 3 is 1.69 bits per heavy atom. The van der Waals surface area contributed by atoms with Crippen molar-refractivity contribution in [1.29, 1.82) is 0 Å². The molecule has 6 rings (SSSR count). The lowest BCUT2D eigenvalue weighted by atomic mass is 9.53. The van der Waals surface area contributed by atoms with Gasteiger partial charge in [-0.25, -0.2) is 0 Å². The molecule has 0 saturated heterocycles. The summed E-state index contributed by atoms with van der Waals surface area (Å²) in [6.45, 7) is 1.96. The summed E-state index contributed by atoms with van der Waals surface area (Å²) in [5, 5.41) is 2.45. The molecule has 4 aliphatic carbocycles. The Labute approximate surface area is 174 Å². The predicted molar refractivity (Wildman–Crippen MR) is 115 cm³/mol. The van der Waals surface area contributed by atoms with Crippen molar-refractivity contribution in [3.63, 3.8) is 0 Å². The van der Waals surface area contributed by atoms with Crippen molar-refractivity contribution in [1.82, 2.24) is 4.90 Å². The van der Waals surface area contributed by atoms with Gasteiger partial charge in [-0.2, -0.15) is 0 Å². The minimum atomic E-state index is 0.272.